The molecule has 1 saturated heterocycles. The molecule has 1 aromatic rings. The van der Waals surface area contributed by atoms with Crippen LogP contribution in [0, 0.1) is 20.8 Å². The van der Waals surface area contributed by atoms with E-state index in [9.17, 15) is 9.59 Å². The highest BCUT2D eigenvalue weighted by atomic mass is 16.6. The van der Waals surface area contributed by atoms with Crippen LogP contribution in [0.4, 0.5) is 9.59 Å². The van der Waals surface area contributed by atoms with Gasteiger partial charge in [-0.3, -0.25) is 0 Å². The first-order chi connectivity index (χ1) is 12.4. The first-order valence-electron chi connectivity index (χ1n) is 9.07. The predicted octanol–water partition coefficient (Wildman–Crippen LogP) is 2.47. The van der Waals surface area contributed by atoms with Crippen LogP contribution in [0.2, 0.25) is 0 Å². The smallest absolute Gasteiger partial charge is 0.409 e. The third-order valence-corrected chi connectivity index (χ3v) is 4.32. The van der Waals surface area contributed by atoms with E-state index in [1.807, 2.05) is 13.8 Å². The third kappa shape index (κ3) is 5.28. The van der Waals surface area contributed by atoms with Crippen molar-refractivity contribution < 1.29 is 19.1 Å². The molecule has 0 aromatic heterocycles. The highest BCUT2D eigenvalue weighted by Gasteiger charge is 2.24. The van der Waals surface area contributed by atoms with Gasteiger partial charge in [0.05, 0.1) is 13.2 Å². The Balaban J connectivity index is 1.71. The molecule has 3 amide bonds. The molecule has 144 valence electrons. The second-order valence-corrected chi connectivity index (χ2v) is 6.48. The summed E-state index contributed by atoms with van der Waals surface area (Å²) in [6.07, 6.45) is -0.315. The predicted molar refractivity (Wildman–Crippen MR) is 99.7 cm³/mol. The molecule has 7 heteroatoms. The molecule has 0 unspecified atom stereocenters. The molecular formula is C19H29N3O4. The largest absolute Gasteiger partial charge is 0.491 e. The van der Waals surface area contributed by atoms with E-state index in [-0.39, 0.29) is 12.1 Å². The summed E-state index contributed by atoms with van der Waals surface area (Å²) >= 11 is 0. The van der Waals surface area contributed by atoms with Gasteiger partial charge in [-0.1, -0.05) is 17.7 Å². The Morgan fingerprint density at radius 1 is 1.04 bits per heavy atom. The van der Waals surface area contributed by atoms with E-state index in [1.165, 1.54) is 5.56 Å². The molecular weight excluding hydrogens is 334 g/mol. The van der Waals surface area contributed by atoms with E-state index in [2.05, 4.69) is 24.4 Å². The molecule has 1 N–H and O–H groups in total. The number of carbonyl (C=O) groups is 2. The Kier molecular flexibility index (Phi) is 7.12. The highest BCUT2D eigenvalue weighted by Crippen LogP contribution is 2.24. The minimum atomic E-state index is -0.315. The van der Waals surface area contributed by atoms with Crippen molar-refractivity contribution in [1.82, 2.24) is 15.1 Å². The fraction of sp³-hybridized carbons (Fsp3) is 0.579. The lowest BCUT2D eigenvalue weighted by atomic mass is 10.1. The van der Waals surface area contributed by atoms with Crippen LogP contribution in [0.3, 0.4) is 0 Å². The maximum absolute atomic E-state index is 12.2. The van der Waals surface area contributed by atoms with Crippen LogP contribution < -0.4 is 10.1 Å². The minimum absolute atomic E-state index is 0.130. The maximum Gasteiger partial charge on any atom is 0.409 e. The third-order valence-electron chi connectivity index (χ3n) is 4.32. The molecule has 0 radical (unpaired) electrons. The molecule has 0 aliphatic carbocycles. The molecule has 1 heterocycles. The van der Waals surface area contributed by atoms with Crippen LogP contribution in [0.1, 0.15) is 23.6 Å². The quantitative estimate of drug-likeness (QED) is 0.816. The van der Waals surface area contributed by atoms with E-state index in [4.69, 9.17) is 9.47 Å². The van der Waals surface area contributed by atoms with Gasteiger partial charge in [0, 0.05) is 26.2 Å². The van der Waals surface area contributed by atoms with Gasteiger partial charge in [0.1, 0.15) is 12.4 Å². The van der Waals surface area contributed by atoms with Crippen molar-refractivity contribution in [1.29, 1.82) is 0 Å². The topological polar surface area (TPSA) is 71.1 Å². The molecule has 2 rings (SSSR count). The summed E-state index contributed by atoms with van der Waals surface area (Å²) in [5, 5.41) is 2.87. The average molecular weight is 363 g/mol. The number of hydrogen-bond acceptors (Lipinski definition) is 4. The molecule has 26 heavy (non-hydrogen) atoms. The molecule has 1 aromatic carbocycles. The summed E-state index contributed by atoms with van der Waals surface area (Å²) in [5.74, 6) is 0.882. The van der Waals surface area contributed by atoms with Gasteiger partial charge in [0.25, 0.3) is 0 Å². The number of rotatable bonds is 5. The number of aryl methyl sites for hydroxylation is 3. The molecule has 0 bridgehead atoms. The number of piperazine rings is 1. The average Bonchev–Trinajstić information content (AvgIpc) is 2.60. The summed E-state index contributed by atoms with van der Waals surface area (Å²) in [7, 11) is 0. The van der Waals surface area contributed by atoms with Crippen molar-refractivity contribution in [3.8, 4) is 5.75 Å². The summed E-state index contributed by atoms with van der Waals surface area (Å²) in [4.78, 5) is 27.2. The fourth-order valence-electron chi connectivity index (χ4n) is 3.12. The highest BCUT2D eigenvalue weighted by molar-refractivity contribution is 5.75. The molecule has 0 saturated carbocycles. The Bertz CT molecular complexity index is 617. The lowest BCUT2D eigenvalue weighted by molar-refractivity contribution is 0.0851. The van der Waals surface area contributed by atoms with Crippen LogP contribution in [-0.2, 0) is 4.74 Å². The summed E-state index contributed by atoms with van der Waals surface area (Å²) < 4.78 is 10.8. The summed E-state index contributed by atoms with van der Waals surface area (Å²) in [6, 6.07) is 4.04. The first-order valence-corrected chi connectivity index (χ1v) is 9.07. The van der Waals surface area contributed by atoms with Crippen LogP contribution in [0.5, 0.6) is 5.75 Å². The van der Waals surface area contributed by atoms with E-state index >= 15 is 0 Å². The van der Waals surface area contributed by atoms with Crippen LogP contribution in [0.15, 0.2) is 12.1 Å². The van der Waals surface area contributed by atoms with Crippen LogP contribution in [0.25, 0.3) is 0 Å². The van der Waals surface area contributed by atoms with Crippen molar-refractivity contribution in [2.75, 3.05) is 45.9 Å². The number of carbonyl (C=O) groups excluding carboxylic acids is 2. The number of benzene rings is 1. The summed E-state index contributed by atoms with van der Waals surface area (Å²) in [6.45, 7) is 11.1. The Morgan fingerprint density at radius 3 is 2.19 bits per heavy atom. The van der Waals surface area contributed by atoms with E-state index in [0.29, 0.717) is 45.9 Å². The zero-order valence-corrected chi connectivity index (χ0v) is 16.1. The number of ether oxygens (including phenoxy) is 2. The van der Waals surface area contributed by atoms with Crippen LogP contribution >= 0.6 is 0 Å². The van der Waals surface area contributed by atoms with Crippen molar-refractivity contribution in [2.24, 2.45) is 0 Å². The van der Waals surface area contributed by atoms with Crippen molar-refractivity contribution >= 4 is 12.1 Å². The molecule has 1 fully saturated rings. The zero-order valence-electron chi connectivity index (χ0n) is 16.1. The van der Waals surface area contributed by atoms with E-state index in [0.717, 1.165) is 16.9 Å². The number of nitrogens with zero attached hydrogens (tertiary/aromatic N) is 2. The Hall–Kier alpha value is -2.44. The number of urea groups is 1. The van der Waals surface area contributed by atoms with Gasteiger partial charge in [-0.25, -0.2) is 9.59 Å². The Morgan fingerprint density at radius 2 is 1.62 bits per heavy atom. The second kappa shape index (κ2) is 9.31. The van der Waals surface area contributed by atoms with Gasteiger partial charge >= 0.3 is 12.1 Å². The van der Waals surface area contributed by atoms with Gasteiger partial charge < -0.3 is 24.6 Å². The van der Waals surface area contributed by atoms with Crippen molar-refractivity contribution in [3.63, 3.8) is 0 Å². The molecule has 1 aliphatic rings. The Labute approximate surface area is 155 Å². The normalized spacial score (nSPS) is 14.2. The van der Waals surface area contributed by atoms with Gasteiger partial charge in [-0.05, 0) is 38.8 Å². The molecule has 0 spiro atoms. The van der Waals surface area contributed by atoms with E-state index in [1.54, 1.807) is 16.7 Å². The maximum atomic E-state index is 12.2. The minimum Gasteiger partial charge on any atom is -0.491 e. The molecule has 7 nitrogen and oxygen atoms in total. The van der Waals surface area contributed by atoms with Gasteiger partial charge in [-0.2, -0.15) is 0 Å². The number of amides is 3. The summed E-state index contributed by atoms with van der Waals surface area (Å²) in [5.41, 5.74) is 3.41. The lowest BCUT2D eigenvalue weighted by Gasteiger charge is -2.34. The van der Waals surface area contributed by atoms with Gasteiger partial charge in [-0.15, -0.1) is 0 Å². The van der Waals surface area contributed by atoms with Gasteiger partial charge in [0.2, 0.25) is 0 Å². The fourth-order valence-corrected chi connectivity index (χ4v) is 3.12. The molecule has 1 aliphatic heterocycles. The van der Waals surface area contributed by atoms with Crippen molar-refractivity contribution in [2.45, 2.75) is 27.7 Å². The van der Waals surface area contributed by atoms with Crippen LogP contribution in [-0.4, -0.2) is 67.9 Å². The number of hydrogen-bond donors (Lipinski definition) is 1. The zero-order chi connectivity index (χ0) is 19.1. The lowest BCUT2D eigenvalue weighted by Crippen LogP contribution is -2.53. The standard InChI is InChI=1S/C19H29N3O4/c1-5-25-19(24)22-9-7-21(8-10-22)18(23)20-6-11-26-17-15(3)12-14(2)13-16(17)4/h12-13H,5-11H2,1-4H3,(H,20,23). The SMILES string of the molecule is CCOC(=O)N1CCN(C(=O)NCCOc2c(C)cc(C)cc2C)CC1. The van der Waals surface area contributed by atoms with Gasteiger partial charge in [0.15, 0.2) is 0 Å². The first kappa shape index (κ1) is 19.9. The number of nitrogens with one attached hydrogen (secondary N) is 1. The van der Waals surface area contributed by atoms with Crippen molar-refractivity contribution in [3.05, 3.63) is 28.8 Å². The van der Waals surface area contributed by atoms with E-state index < -0.39 is 0 Å². The molecule has 0 atom stereocenters. The monoisotopic (exact) mass is 363 g/mol. The second-order valence-electron chi connectivity index (χ2n) is 6.48.